The van der Waals surface area contributed by atoms with E-state index in [-0.39, 0.29) is 0 Å². The number of likely N-dealkylation sites (N-methyl/N-ethyl adjacent to an activating group) is 1. The van der Waals surface area contributed by atoms with Crippen molar-refractivity contribution in [2.45, 2.75) is 53.1 Å². The molecule has 0 saturated heterocycles. The molecular weight excluding hydrogens is 300 g/mol. The first-order chi connectivity index (χ1) is 11.3. The van der Waals surface area contributed by atoms with Crippen LogP contribution < -0.4 is 10.6 Å². The first kappa shape index (κ1) is 20.5. The molecule has 6 nitrogen and oxygen atoms in total. The van der Waals surface area contributed by atoms with Crippen LogP contribution in [-0.4, -0.2) is 54.4 Å². The Labute approximate surface area is 147 Å². The monoisotopic (exact) mass is 336 g/mol. The lowest BCUT2D eigenvalue weighted by molar-refractivity contribution is 0.200. The highest BCUT2D eigenvalue weighted by atomic mass is 15.3. The number of hydrogen-bond acceptors (Lipinski definition) is 3. The van der Waals surface area contributed by atoms with E-state index < -0.39 is 0 Å². The topological polar surface area (TPSA) is 57.5 Å². The molecule has 0 bridgehead atoms. The molecule has 1 heterocycles. The molecule has 1 rings (SSSR count). The minimum Gasteiger partial charge on any atom is -0.355 e. The molecular formula is C18H36N6. The van der Waals surface area contributed by atoms with E-state index in [1.807, 2.05) is 18.8 Å². The fourth-order valence-electron chi connectivity index (χ4n) is 3.27. The average molecular weight is 337 g/mol. The van der Waals surface area contributed by atoms with Gasteiger partial charge in [-0.3, -0.25) is 9.67 Å². The number of nitrogens with zero attached hydrogens (tertiary/aromatic N) is 4. The van der Waals surface area contributed by atoms with Crippen LogP contribution in [-0.2, 0) is 13.6 Å². The third-order valence-corrected chi connectivity index (χ3v) is 5.05. The predicted octanol–water partition coefficient (Wildman–Crippen LogP) is 2.07. The van der Waals surface area contributed by atoms with Gasteiger partial charge in [0, 0.05) is 44.5 Å². The Kier molecular flexibility index (Phi) is 8.25. The van der Waals surface area contributed by atoms with Crippen molar-refractivity contribution in [1.82, 2.24) is 25.3 Å². The zero-order chi connectivity index (χ0) is 18.3. The highest BCUT2D eigenvalue weighted by molar-refractivity contribution is 5.79. The van der Waals surface area contributed by atoms with Crippen LogP contribution >= 0.6 is 0 Å². The van der Waals surface area contributed by atoms with E-state index in [2.05, 4.69) is 67.4 Å². The van der Waals surface area contributed by atoms with Crippen LogP contribution in [0.25, 0.3) is 0 Å². The molecule has 0 radical (unpaired) electrons. The number of rotatable bonds is 8. The second kappa shape index (κ2) is 9.67. The van der Waals surface area contributed by atoms with Crippen LogP contribution in [0.3, 0.4) is 0 Å². The zero-order valence-corrected chi connectivity index (χ0v) is 16.8. The summed E-state index contributed by atoms with van der Waals surface area (Å²) in [4.78, 5) is 6.67. The molecule has 2 N–H and O–H groups in total. The standard InChI is InChI=1S/C18H36N6/c1-9-15(10-2)17(23(6)7)12-21-18(19-5)20-11-16-13(3)22-24(8)14(16)4/h15,17H,9-12H2,1-8H3,(H2,19,20,21). The number of nitrogens with one attached hydrogen (secondary N) is 2. The van der Waals surface area contributed by atoms with Gasteiger partial charge in [-0.1, -0.05) is 26.7 Å². The molecule has 1 unspecified atom stereocenters. The lowest BCUT2D eigenvalue weighted by atomic mass is 9.93. The van der Waals surface area contributed by atoms with Gasteiger partial charge in [0.25, 0.3) is 0 Å². The molecule has 6 heteroatoms. The predicted molar refractivity (Wildman–Crippen MR) is 102 cm³/mol. The molecule has 138 valence electrons. The molecule has 1 aromatic heterocycles. The fourth-order valence-corrected chi connectivity index (χ4v) is 3.27. The number of aryl methyl sites for hydroxylation is 2. The summed E-state index contributed by atoms with van der Waals surface area (Å²) in [7, 11) is 8.11. The summed E-state index contributed by atoms with van der Waals surface area (Å²) in [5.41, 5.74) is 3.50. The smallest absolute Gasteiger partial charge is 0.191 e. The van der Waals surface area contributed by atoms with E-state index in [1.54, 1.807) is 0 Å². The molecule has 1 atom stereocenters. The van der Waals surface area contributed by atoms with Crippen LogP contribution in [0.4, 0.5) is 0 Å². The van der Waals surface area contributed by atoms with Crippen LogP contribution in [0.2, 0.25) is 0 Å². The summed E-state index contributed by atoms with van der Waals surface area (Å²) in [6.07, 6.45) is 2.39. The van der Waals surface area contributed by atoms with Crippen molar-refractivity contribution < 1.29 is 0 Å². The van der Waals surface area contributed by atoms with Gasteiger partial charge in [-0.05, 0) is 33.9 Å². The van der Waals surface area contributed by atoms with Crippen molar-refractivity contribution in [3.63, 3.8) is 0 Å². The highest BCUT2D eigenvalue weighted by Gasteiger charge is 2.20. The Bertz CT molecular complexity index is 528. The van der Waals surface area contributed by atoms with Crippen molar-refractivity contribution in [3.8, 4) is 0 Å². The Morgan fingerprint density at radius 2 is 1.83 bits per heavy atom. The number of aliphatic imine (C=N–C) groups is 1. The zero-order valence-electron chi connectivity index (χ0n) is 16.8. The Hall–Kier alpha value is -1.56. The summed E-state index contributed by atoms with van der Waals surface area (Å²) < 4.78 is 1.93. The van der Waals surface area contributed by atoms with Gasteiger partial charge < -0.3 is 15.5 Å². The van der Waals surface area contributed by atoms with Gasteiger partial charge in [0.2, 0.25) is 0 Å². The summed E-state index contributed by atoms with van der Waals surface area (Å²) in [5, 5.41) is 11.4. The maximum Gasteiger partial charge on any atom is 0.191 e. The van der Waals surface area contributed by atoms with E-state index in [4.69, 9.17) is 0 Å². The normalized spacial score (nSPS) is 13.7. The Morgan fingerprint density at radius 1 is 1.21 bits per heavy atom. The van der Waals surface area contributed by atoms with E-state index in [1.165, 1.54) is 24.1 Å². The van der Waals surface area contributed by atoms with Gasteiger partial charge in [0.15, 0.2) is 5.96 Å². The average Bonchev–Trinajstić information content (AvgIpc) is 2.79. The molecule has 24 heavy (non-hydrogen) atoms. The number of hydrogen-bond donors (Lipinski definition) is 2. The molecule has 0 aliphatic carbocycles. The van der Waals surface area contributed by atoms with E-state index in [0.717, 1.165) is 24.7 Å². The molecule has 0 spiro atoms. The molecule has 0 saturated carbocycles. The maximum atomic E-state index is 4.47. The fraction of sp³-hybridized carbons (Fsp3) is 0.778. The highest BCUT2D eigenvalue weighted by Crippen LogP contribution is 2.16. The van der Waals surface area contributed by atoms with Crippen LogP contribution in [0.5, 0.6) is 0 Å². The van der Waals surface area contributed by atoms with Gasteiger partial charge in [0.05, 0.1) is 5.69 Å². The van der Waals surface area contributed by atoms with E-state index in [9.17, 15) is 0 Å². The van der Waals surface area contributed by atoms with Gasteiger partial charge >= 0.3 is 0 Å². The minimum atomic E-state index is 0.500. The molecule has 0 fully saturated rings. The van der Waals surface area contributed by atoms with E-state index >= 15 is 0 Å². The third-order valence-electron chi connectivity index (χ3n) is 5.05. The van der Waals surface area contributed by atoms with Crippen LogP contribution in [0.1, 0.15) is 43.6 Å². The Balaban J connectivity index is 2.64. The summed E-state index contributed by atoms with van der Waals surface area (Å²) >= 11 is 0. The summed E-state index contributed by atoms with van der Waals surface area (Å²) in [5.74, 6) is 1.53. The molecule has 0 aliphatic heterocycles. The van der Waals surface area contributed by atoms with Gasteiger partial charge in [0.1, 0.15) is 0 Å². The van der Waals surface area contributed by atoms with Crippen molar-refractivity contribution in [3.05, 3.63) is 17.0 Å². The van der Waals surface area contributed by atoms with Crippen molar-refractivity contribution in [1.29, 1.82) is 0 Å². The quantitative estimate of drug-likeness (QED) is 0.564. The molecule has 1 aromatic rings. The first-order valence-corrected chi connectivity index (χ1v) is 8.95. The molecule has 0 aromatic carbocycles. The molecule has 0 aliphatic rings. The van der Waals surface area contributed by atoms with Crippen molar-refractivity contribution in [2.24, 2.45) is 18.0 Å². The lowest BCUT2D eigenvalue weighted by Gasteiger charge is -2.32. The lowest BCUT2D eigenvalue weighted by Crippen LogP contribution is -2.47. The Morgan fingerprint density at radius 3 is 2.25 bits per heavy atom. The molecule has 0 amide bonds. The van der Waals surface area contributed by atoms with Gasteiger partial charge in [-0.15, -0.1) is 0 Å². The first-order valence-electron chi connectivity index (χ1n) is 8.95. The van der Waals surface area contributed by atoms with Crippen molar-refractivity contribution in [2.75, 3.05) is 27.7 Å². The second-order valence-electron chi connectivity index (χ2n) is 6.69. The van der Waals surface area contributed by atoms with Crippen molar-refractivity contribution >= 4 is 5.96 Å². The second-order valence-corrected chi connectivity index (χ2v) is 6.69. The summed E-state index contributed by atoms with van der Waals surface area (Å²) in [6.45, 7) is 10.3. The van der Waals surface area contributed by atoms with E-state index in [0.29, 0.717) is 12.0 Å². The maximum absolute atomic E-state index is 4.47. The summed E-state index contributed by atoms with van der Waals surface area (Å²) in [6, 6.07) is 0.500. The van der Waals surface area contributed by atoms with Gasteiger partial charge in [-0.2, -0.15) is 5.10 Å². The number of guanidine groups is 1. The largest absolute Gasteiger partial charge is 0.355 e. The van der Waals surface area contributed by atoms with Crippen LogP contribution in [0, 0.1) is 19.8 Å². The number of aromatic nitrogens is 2. The van der Waals surface area contributed by atoms with Gasteiger partial charge in [-0.25, -0.2) is 0 Å². The SMILES string of the molecule is CCC(CC)C(CNC(=NC)NCc1c(C)nn(C)c1C)N(C)C. The van der Waals surface area contributed by atoms with Crippen LogP contribution in [0.15, 0.2) is 4.99 Å². The minimum absolute atomic E-state index is 0.500. The third kappa shape index (κ3) is 5.23.